The van der Waals surface area contributed by atoms with E-state index in [1.54, 1.807) is 41.8 Å². The first-order valence-electron chi connectivity index (χ1n) is 8.90. The third-order valence-corrected chi connectivity index (χ3v) is 6.68. The van der Waals surface area contributed by atoms with Gasteiger partial charge < -0.3 is 9.73 Å². The Labute approximate surface area is 154 Å². The number of aryl methyl sites for hydroxylation is 1. The fraction of sp³-hybridized carbons (Fsp3) is 0.421. The SMILES string of the molecule is Cc1ccc(C(=O)NCc2ccco2)cc1S(=O)(=O)N1CCCCCC1. The summed E-state index contributed by atoms with van der Waals surface area (Å²) >= 11 is 0. The Hall–Kier alpha value is -2.12. The molecule has 2 aromatic rings. The molecule has 0 atom stereocenters. The Kier molecular flexibility index (Phi) is 5.78. The molecule has 0 radical (unpaired) electrons. The Morgan fingerprint density at radius 3 is 2.54 bits per heavy atom. The summed E-state index contributed by atoms with van der Waals surface area (Å²) in [4.78, 5) is 12.6. The van der Waals surface area contributed by atoms with Crippen LogP contribution in [-0.4, -0.2) is 31.7 Å². The summed E-state index contributed by atoms with van der Waals surface area (Å²) in [5.74, 6) is 0.316. The molecule has 0 bridgehead atoms. The number of carbonyl (C=O) groups excluding carboxylic acids is 1. The molecule has 0 spiro atoms. The van der Waals surface area contributed by atoms with Crippen LogP contribution < -0.4 is 5.32 Å². The van der Waals surface area contributed by atoms with Crippen LogP contribution in [0.25, 0.3) is 0 Å². The lowest BCUT2D eigenvalue weighted by molar-refractivity contribution is 0.0948. The highest BCUT2D eigenvalue weighted by Gasteiger charge is 2.27. The molecule has 1 aliphatic heterocycles. The van der Waals surface area contributed by atoms with Crippen molar-refractivity contribution in [2.75, 3.05) is 13.1 Å². The van der Waals surface area contributed by atoms with E-state index >= 15 is 0 Å². The van der Waals surface area contributed by atoms with E-state index in [0.717, 1.165) is 25.7 Å². The van der Waals surface area contributed by atoms with Crippen LogP contribution in [0.5, 0.6) is 0 Å². The molecule has 1 fully saturated rings. The van der Waals surface area contributed by atoms with Gasteiger partial charge in [0.1, 0.15) is 5.76 Å². The van der Waals surface area contributed by atoms with Crippen LogP contribution in [0.4, 0.5) is 0 Å². The predicted molar refractivity (Wildman–Crippen MR) is 98.3 cm³/mol. The summed E-state index contributed by atoms with van der Waals surface area (Å²) in [5.41, 5.74) is 0.979. The predicted octanol–water partition coefficient (Wildman–Crippen LogP) is 3.08. The second-order valence-electron chi connectivity index (χ2n) is 6.56. The summed E-state index contributed by atoms with van der Waals surface area (Å²) in [6, 6.07) is 8.33. The number of carbonyl (C=O) groups is 1. The molecule has 1 aromatic heterocycles. The zero-order chi connectivity index (χ0) is 18.6. The topological polar surface area (TPSA) is 79.6 Å². The van der Waals surface area contributed by atoms with Crippen LogP contribution in [0.3, 0.4) is 0 Å². The van der Waals surface area contributed by atoms with Crippen molar-refractivity contribution in [3.63, 3.8) is 0 Å². The van der Waals surface area contributed by atoms with Gasteiger partial charge in [-0.1, -0.05) is 18.9 Å². The van der Waals surface area contributed by atoms with Crippen molar-refractivity contribution in [2.45, 2.75) is 44.0 Å². The standard InChI is InChI=1S/C19H24N2O4S/c1-15-8-9-16(19(22)20-14-17-7-6-12-25-17)13-18(15)26(23,24)21-10-4-2-3-5-11-21/h6-9,12-13H,2-5,10-11,14H2,1H3,(H,20,22). The number of sulfonamides is 1. The molecular weight excluding hydrogens is 352 g/mol. The minimum absolute atomic E-state index is 0.213. The molecule has 26 heavy (non-hydrogen) atoms. The van der Waals surface area contributed by atoms with Gasteiger partial charge in [0.25, 0.3) is 5.91 Å². The summed E-state index contributed by atoms with van der Waals surface area (Å²) in [5, 5.41) is 2.75. The lowest BCUT2D eigenvalue weighted by atomic mass is 10.1. The van der Waals surface area contributed by atoms with Gasteiger partial charge in [0.05, 0.1) is 17.7 Å². The minimum Gasteiger partial charge on any atom is -0.467 e. The molecular formula is C19H24N2O4S. The summed E-state index contributed by atoms with van der Waals surface area (Å²) in [6.45, 7) is 3.09. The Balaban J connectivity index is 1.81. The number of benzene rings is 1. The number of amides is 1. The number of hydrogen-bond acceptors (Lipinski definition) is 4. The third-order valence-electron chi connectivity index (χ3n) is 4.64. The lowest BCUT2D eigenvalue weighted by Crippen LogP contribution is -2.32. The van der Waals surface area contributed by atoms with Crippen LogP contribution >= 0.6 is 0 Å². The zero-order valence-electron chi connectivity index (χ0n) is 14.9. The van der Waals surface area contributed by atoms with Crippen molar-refractivity contribution >= 4 is 15.9 Å². The largest absolute Gasteiger partial charge is 0.467 e. The number of furan rings is 1. The van der Waals surface area contributed by atoms with Crippen molar-refractivity contribution in [2.24, 2.45) is 0 Å². The van der Waals surface area contributed by atoms with Gasteiger partial charge >= 0.3 is 0 Å². The van der Waals surface area contributed by atoms with Crippen molar-refractivity contribution in [1.29, 1.82) is 0 Å². The van der Waals surface area contributed by atoms with Crippen LogP contribution in [0.2, 0.25) is 0 Å². The molecule has 6 nitrogen and oxygen atoms in total. The van der Waals surface area contributed by atoms with E-state index in [4.69, 9.17) is 4.42 Å². The molecule has 7 heteroatoms. The van der Waals surface area contributed by atoms with Crippen molar-refractivity contribution in [3.8, 4) is 0 Å². The minimum atomic E-state index is -3.60. The van der Waals surface area contributed by atoms with Gasteiger partial charge in [0.2, 0.25) is 10.0 Å². The van der Waals surface area contributed by atoms with E-state index in [2.05, 4.69) is 5.32 Å². The van der Waals surface area contributed by atoms with Gasteiger partial charge in [-0.05, 0) is 49.6 Å². The first-order valence-corrected chi connectivity index (χ1v) is 10.3. The molecule has 3 rings (SSSR count). The monoisotopic (exact) mass is 376 g/mol. The quantitative estimate of drug-likeness (QED) is 0.870. The highest BCUT2D eigenvalue weighted by Crippen LogP contribution is 2.24. The summed E-state index contributed by atoms with van der Waals surface area (Å²) < 4.78 is 32.9. The Morgan fingerprint density at radius 2 is 1.88 bits per heavy atom. The molecule has 1 saturated heterocycles. The molecule has 1 N–H and O–H groups in total. The molecule has 1 amide bonds. The second-order valence-corrected chi connectivity index (χ2v) is 8.47. The molecule has 0 aliphatic carbocycles. The highest BCUT2D eigenvalue weighted by atomic mass is 32.2. The summed E-state index contributed by atoms with van der Waals surface area (Å²) in [6.07, 6.45) is 5.41. The molecule has 1 aliphatic rings. The van der Waals surface area contributed by atoms with Crippen LogP contribution in [0, 0.1) is 6.92 Å². The van der Waals surface area contributed by atoms with Gasteiger partial charge in [-0.25, -0.2) is 8.42 Å². The van der Waals surface area contributed by atoms with Crippen molar-refractivity contribution in [1.82, 2.24) is 9.62 Å². The summed E-state index contributed by atoms with van der Waals surface area (Å²) in [7, 11) is -3.60. The van der Waals surface area contributed by atoms with E-state index in [-0.39, 0.29) is 17.3 Å². The van der Waals surface area contributed by atoms with Gasteiger partial charge in [0, 0.05) is 18.7 Å². The van der Waals surface area contributed by atoms with E-state index in [9.17, 15) is 13.2 Å². The second kappa shape index (κ2) is 8.05. The molecule has 0 unspecified atom stereocenters. The normalized spacial score (nSPS) is 16.2. The van der Waals surface area contributed by atoms with Gasteiger partial charge in [-0.15, -0.1) is 0 Å². The lowest BCUT2D eigenvalue weighted by Gasteiger charge is -2.21. The first-order chi connectivity index (χ1) is 12.5. The molecule has 0 saturated carbocycles. The third kappa shape index (κ3) is 4.16. The molecule has 2 heterocycles. The van der Waals surface area contributed by atoms with Gasteiger partial charge in [-0.2, -0.15) is 4.31 Å². The fourth-order valence-electron chi connectivity index (χ4n) is 3.12. The molecule has 1 aromatic carbocycles. The average Bonchev–Trinajstić information content (AvgIpc) is 2.99. The maximum absolute atomic E-state index is 13.1. The fourth-order valence-corrected chi connectivity index (χ4v) is 4.89. The average molecular weight is 376 g/mol. The van der Waals surface area contributed by atoms with E-state index in [1.807, 2.05) is 0 Å². The smallest absolute Gasteiger partial charge is 0.251 e. The number of nitrogens with zero attached hydrogens (tertiary/aromatic N) is 1. The van der Waals surface area contributed by atoms with E-state index < -0.39 is 10.0 Å². The van der Waals surface area contributed by atoms with Crippen LogP contribution in [-0.2, 0) is 16.6 Å². The number of rotatable bonds is 5. The van der Waals surface area contributed by atoms with E-state index in [0.29, 0.717) is 30.0 Å². The van der Waals surface area contributed by atoms with Crippen LogP contribution in [0.1, 0.15) is 47.4 Å². The van der Waals surface area contributed by atoms with E-state index in [1.165, 1.54) is 6.07 Å². The Bertz CT molecular complexity index is 852. The number of nitrogens with one attached hydrogen (secondary N) is 1. The van der Waals surface area contributed by atoms with Crippen LogP contribution in [0.15, 0.2) is 45.9 Å². The zero-order valence-corrected chi connectivity index (χ0v) is 15.7. The van der Waals surface area contributed by atoms with Crippen molar-refractivity contribution in [3.05, 3.63) is 53.5 Å². The van der Waals surface area contributed by atoms with Gasteiger partial charge in [0.15, 0.2) is 0 Å². The maximum atomic E-state index is 13.1. The van der Waals surface area contributed by atoms with Gasteiger partial charge in [-0.3, -0.25) is 4.79 Å². The molecule has 140 valence electrons. The first kappa shape index (κ1) is 18.7. The van der Waals surface area contributed by atoms with Crippen molar-refractivity contribution < 1.29 is 17.6 Å². The number of hydrogen-bond donors (Lipinski definition) is 1. The maximum Gasteiger partial charge on any atom is 0.251 e. The Morgan fingerprint density at radius 1 is 1.15 bits per heavy atom. The highest BCUT2D eigenvalue weighted by molar-refractivity contribution is 7.89.